The van der Waals surface area contributed by atoms with Crippen molar-refractivity contribution in [1.82, 2.24) is 24.0 Å². The molecular weight excluding hydrogens is 266 g/mol. The number of fused-ring (bicyclic) bond motifs is 1. The summed E-state index contributed by atoms with van der Waals surface area (Å²) in [5.41, 5.74) is 0.0660. The van der Waals surface area contributed by atoms with Crippen molar-refractivity contribution in [2.75, 3.05) is 26.4 Å². The van der Waals surface area contributed by atoms with Crippen LogP contribution in [0.2, 0.25) is 0 Å². The van der Waals surface area contributed by atoms with Gasteiger partial charge in [-0.05, 0) is 14.1 Å². The minimum absolute atomic E-state index is 0.343. The second-order valence-corrected chi connectivity index (χ2v) is 5.68. The molecule has 0 aliphatic carbocycles. The Kier molecular flexibility index (Phi) is 3.81. The summed E-state index contributed by atoms with van der Waals surface area (Å²) in [5.74, 6) is 0.862. The molecule has 0 aromatic carbocycles. The Labute approximate surface area is 114 Å². The van der Waals surface area contributed by atoms with Crippen molar-refractivity contribution < 1.29 is 0 Å². The van der Waals surface area contributed by atoms with Crippen molar-refractivity contribution in [3.63, 3.8) is 0 Å². The zero-order valence-corrected chi connectivity index (χ0v) is 12.2. The molecule has 0 radical (unpaired) electrons. The molecule has 2 rings (SSSR count). The standard InChI is InChI=1S/C11H17N5O2S/c1-14(2)5-6-19-10-12-7-8(13-10)15(3)11(18)16(4)9(7)17/h5-6H2,1-4H3,(H,12,13). The van der Waals surface area contributed by atoms with Crippen LogP contribution in [0, 0.1) is 0 Å². The maximum absolute atomic E-state index is 12.0. The first-order chi connectivity index (χ1) is 8.91. The van der Waals surface area contributed by atoms with E-state index < -0.39 is 0 Å². The third kappa shape index (κ3) is 2.59. The van der Waals surface area contributed by atoms with E-state index in [2.05, 4.69) is 14.9 Å². The molecule has 0 spiro atoms. The molecule has 0 aliphatic heterocycles. The lowest BCUT2D eigenvalue weighted by atomic mass is 10.5. The first-order valence-electron chi connectivity index (χ1n) is 5.85. The highest BCUT2D eigenvalue weighted by Gasteiger charge is 2.13. The number of aromatic amines is 1. The van der Waals surface area contributed by atoms with Gasteiger partial charge in [-0.15, -0.1) is 0 Å². The Balaban J connectivity index is 2.41. The van der Waals surface area contributed by atoms with Crippen LogP contribution in [-0.2, 0) is 14.1 Å². The smallest absolute Gasteiger partial charge is 0.327 e. The number of nitrogens with one attached hydrogen (secondary N) is 1. The van der Waals surface area contributed by atoms with Crippen LogP contribution < -0.4 is 11.2 Å². The van der Waals surface area contributed by atoms with Crippen molar-refractivity contribution >= 4 is 22.9 Å². The molecule has 0 fully saturated rings. The van der Waals surface area contributed by atoms with E-state index in [1.54, 1.807) is 7.05 Å². The molecule has 0 saturated carbocycles. The topological polar surface area (TPSA) is 75.9 Å². The summed E-state index contributed by atoms with van der Waals surface area (Å²) >= 11 is 1.53. The number of nitrogens with zero attached hydrogens (tertiary/aromatic N) is 4. The summed E-state index contributed by atoms with van der Waals surface area (Å²) in [5, 5.41) is 0.662. The first kappa shape index (κ1) is 13.9. The third-order valence-electron chi connectivity index (χ3n) is 2.85. The highest BCUT2D eigenvalue weighted by molar-refractivity contribution is 7.99. The Morgan fingerprint density at radius 2 is 1.95 bits per heavy atom. The molecule has 0 bridgehead atoms. The fourth-order valence-electron chi connectivity index (χ4n) is 1.70. The van der Waals surface area contributed by atoms with Crippen LogP contribution in [0.1, 0.15) is 0 Å². The Morgan fingerprint density at radius 3 is 2.58 bits per heavy atom. The number of thioether (sulfide) groups is 1. The molecule has 2 heterocycles. The predicted molar refractivity (Wildman–Crippen MR) is 75.9 cm³/mol. The largest absolute Gasteiger partial charge is 0.332 e. The zero-order valence-electron chi connectivity index (χ0n) is 11.4. The number of hydrogen-bond acceptors (Lipinski definition) is 5. The van der Waals surface area contributed by atoms with Crippen LogP contribution in [0.25, 0.3) is 11.2 Å². The number of aryl methyl sites for hydroxylation is 1. The molecule has 2 aromatic rings. The minimum atomic E-state index is -0.367. The summed E-state index contributed by atoms with van der Waals surface area (Å²) in [4.78, 5) is 33.1. The number of H-pyrrole nitrogens is 1. The fourth-order valence-corrected chi connectivity index (χ4v) is 2.67. The lowest BCUT2D eigenvalue weighted by Gasteiger charge is -2.06. The number of rotatable bonds is 4. The summed E-state index contributed by atoms with van der Waals surface area (Å²) in [6.07, 6.45) is 0. The number of aromatic nitrogens is 4. The average Bonchev–Trinajstić information content (AvgIpc) is 2.77. The molecule has 2 aromatic heterocycles. The van der Waals surface area contributed by atoms with Crippen molar-refractivity contribution in [3.05, 3.63) is 20.8 Å². The van der Waals surface area contributed by atoms with E-state index in [-0.39, 0.29) is 11.2 Å². The van der Waals surface area contributed by atoms with Gasteiger partial charge in [-0.2, -0.15) is 0 Å². The highest BCUT2D eigenvalue weighted by atomic mass is 32.2. The van der Waals surface area contributed by atoms with Crippen LogP contribution >= 0.6 is 11.8 Å². The van der Waals surface area contributed by atoms with Crippen LogP contribution in [0.3, 0.4) is 0 Å². The van der Waals surface area contributed by atoms with E-state index in [9.17, 15) is 9.59 Å². The molecule has 0 unspecified atom stereocenters. The van der Waals surface area contributed by atoms with E-state index in [0.717, 1.165) is 16.9 Å². The maximum Gasteiger partial charge on any atom is 0.332 e. The summed E-state index contributed by atoms with van der Waals surface area (Å²) in [6, 6.07) is 0. The molecule has 1 N–H and O–H groups in total. The molecular formula is C11H17N5O2S. The van der Waals surface area contributed by atoms with Crippen molar-refractivity contribution in [1.29, 1.82) is 0 Å². The van der Waals surface area contributed by atoms with E-state index in [0.29, 0.717) is 16.3 Å². The predicted octanol–water partition coefficient (Wildman–Crippen LogP) is -0.386. The number of hydrogen-bond donors (Lipinski definition) is 1. The van der Waals surface area contributed by atoms with Crippen molar-refractivity contribution in [2.45, 2.75) is 5.16 Å². The van der Waals surface area contributed by atoms with E-state index in [1.807, 2.05) is 14.1 Å². The first-order valence-corrected chi connectivity index (χ1v) is 6.83. The van der Waals surface area contributed by atoms with Gasteiger partial charge < -0.3 is 9.88 Å². The second-order valence-electron chi connectivity index (χ2n) is 4.60. The lowest BCUT2D eigenvalue weighted by molar-refractivity contribution is 0.437. The Morgan fingerprint density at radius 1 is 1.26 bits per heavy atom. The van der Waals surface area contributed by atoms with Gasteiger partial charge in [0.2, 0.25) is 0 Å². The van der Waals surface area contributed by atoms with Gasteiger partial charge >= 0.3 is 5.69 Å². The molecule has 7 nitrogen and oxygen atoms in total. The minimum Gasteiger partial charge on any atom is -0.327 e. The van der Waals surface area contributed by atoms with E-state index >= 15 is 0 Å². The quantitative estimate of drug-likeness (QED) is 0.774. The van der Waals surface area contributed by atoms with E-state index in [1.165, 1.54) is 23.4 Å². The third-order valence-corrected chi connectivity index (χ3v) is 3.70. The van der Waals surface area contributed by atoms with Crippen LogP contribution in [-0.4, -0.2) is 50.4 Å². The highest BCUT2D eigenvalue weighted by Crippen LogP contribution is 2.16. The molecule has 104 valence electrons. The molecule has 8 heteroatoms. The Hall–Kier alpha value is -1.54. The second kappa shape index (κ2) is 5.22. The maximum atomic E-state index is 12.0. The normalized spacial score (nSPS) is 11.6. The van der Waals surface area contributed by atoms with Gasteiger partial charge in [-0.25, -0.2) is 9.78 Å². The summed E-state index contributed by atoms with van der Waals surface area (Å²) in [7, 11) is 7.07. The Bertz CT molecular complexity index is 712. The average molecular weight is 283 g/mol. The van der Waals surface area contributed by atoms with E-state index in [4.69, 9.17) is 0 Å². The fraction of sp³-hybridized carbons (Fsp3) is 0.545. The van der Waals surface area contributed by atoms with Gasteiger partial charge in [0.25, 0.3) is 5.56 Å². The lowest BCUT2D eigenvalue weighted by Crippen LogP contribution is -2.36. The summed E-state index contributed by atoms with van der Waals surface area (Å²) in [6.45, 7) is 0.915. The molecule has 0 aliphatic rings. The van der Waals surface area contributed by atoms with Gasteiger partial charge in [0.15, 0.2) is 16.3 Å². The molecule has 19 heavy (non-hydrogen) atoms. The van der Waals surface area contributed by atoms with Crippen LogP contribution in [0.5, 0.6) is 0 Å². The SMILES string of the molecule is CN(C)CCSc1nc2c([nH]1)c(=O)n(C)c(=O)n2C. The van der Waals surface area contributed by atoms with Gasteiger partial charge in [0.05, 0.1) is 0 Å². The monoisotopic (exact) mass is 283 g/mol. The van der Waals surface area contributed by atoms with Crippen LogP contribution in [0.4, 0.5) is 0 Å². The molecule has 0 amide bonds. The number of imidazole rings is 1. The molecule has 0 atom stereocenters. The van der Waals surface area contributed by atoms with Gasteiger partial charge in [0.1, 0.15) is 0 Å². The summed E-state index contributed by atoms with van der Waals surface area (Å²) < 4.78 is 2.46. The van der Waals surface area contributed by atoms with Crippen molar-refractivity contribution in [2.24, 2.45) is 14.1 Å². The van der Waals surface area contributed by atoms with Crippen molar-refractivity contribution in [3.8, 4) is 0 Å². The van der Waals surface area contributed by atoms with Gasteiger partial charge in [0, 0.05) is 26.4 Å². The van der Waals surface area contributed by atoms with Crippen LogP contribution in [0.15, 0.2) is 14.7 Å². The van der Waals surface area contributed by atoms with Gasteiger partial charge in [-0.3, -0.25) is 13.9 Å². The zero-order chi connectivity index (χ0) is 14.2. The van der Waals surface area contributed by atoms with Gasteiger partial charge in [-0.1, -0.05) is 11.8 Å². The molecule has 0 saturated heterocycles.